The molecule has 5 nitrogen and oxygen atoms in total. The smallest absolute Gasteiger partial charge is 0.251 e. The Morgan fingerprint density at radius 3 is 2.61 bits per heavy atom. The van der Waals surface area contributed by atoms with Crippen molar-refractivity contribution in [1.82, 2.24) is 5.32 Å². The van der Waals surface area contributed by atoms with Crippen molar-refractivity contribution in [3.05, 3.63) is 29.8 Å². The van der Waals surface area contributed by atoms with Crippen molar-refractivity contribution in [2.75, 3.05) is 11.0 Å². The summed E-state index contributed by atoms with van der Waals surface area (Å²) in [6.45, 7) is 3.89. The third kappa shape index (κ3) is 4.75. The number of carbonyl (C=O) groups is 1. The van der Waals surface area contributed by atoms with E-state index in [-0.39, 0.29) is 11.9 Å². The van der Waals surface area contributed by atoms with Crippen LogP contribution < -0.4 is 10.0 Å². The number of rotatable bonds is 5. The average Bonchev–Trinajstić information content (AvgIpc) is 2.26. The highest BCUT2D eigenvalue weighted by Crippen LogP contribution is 2.12. The van der Waals surface area contributed by atoms with Gasteiger partial charge in [0.05, 0.1) is 6.26 Å². The van der Waals surface area contributed by atoms with Crippen molar-refractivity contribution >= 4 is 21.6 Å². The Bertz CT molecular complexity index is 526. The van der Waals surface area contributed by atoms with E-state index in [9.17, 15) is 13.2 Å². The first kappa shape index (κ1) is 14.5. The van der Waals surface area contributed by atoms with Crippen molar-refractivity contribution < 1.29 is 13.2 Å². The van der Waals surface area contributed by atoms with Crippen molar-refractivity contribution in [1.29, 1.82) is 0 Å². The fourth-order valence-corrected chi connectivity index (χ4v) is 1.90. The van der Waals surface area contributed by atoms with Gasteiger partial charge in [-0.1, -0.05) is 13.0 Å². The third-order valence-electron chi connectivity index (χ3n) is 2.42. The Morgan fingerprint density at radius 2 is 2.06 bits per heavy atom. The molecule has 0 saturated carbocycles. The first-order valence-electron chi connectivity index (χ1n) is 5.70. The van der Waals surface area contributed by atoms with Gasteiger partial charge in [0.15, 0.2) is 0 Å². The van der Waals surface area contributed by atoms with Crippen LogP contribution in [0.1, 0.15) is 30.6 Å². The Morgan fingerprint density at radius 1 is 1.39 bits per heavy atom. The van der Waals surface area contributed by atoms with E-state index in [2.05, 4.69) is 10.0 Å². The number of nitrogens with one attached hydrogen (secondary N) is 2. The van der Waals surface area contributed by atoms with Gasteiger partial charge in [-0.25, -0.2) is 8.42 Å². The van der Waals surface area contributed by atoms with Gasteiger partial charge in [-0.2, -0.15) is 0 Å². The van der Waals surface area contributed by atoms with E-state index in [1.165, 1.54) is 6.07 Å². The minimum atomic E-state index is -3.33. The summed E-state index contributed by atoms with van der Waals surface area (Å²) in [5, 5.41) is 2.82. The molecular formula is C12H18N2O3S. The number of hydrogen-bond acceptors (Lipinski definition) is 3. The number of amides is 1. The average molecular weight is 270 g/mol. The molecule has 0 bridgehead atoms. The maximum Gasteiger partial charge on any atom is 0.251 e. The lowest BCUT2D eigenvalue weighted by atomic mass is 10.1. The Balaban J connectivity index is 2.85. The molecule has 2 N–H and O–H groups in total. The Labute approximate surface area is 108 Å². The third-order valence-corrected chi connectivity index (χ3v) is 3.02. The van der Waals surface area contributed by atoms with Gasteiger partial charge in [-0.05, 0) is 31.5 Å². The largest absolute Gasteiger partial charge is 0.350 e. The maximum absolute atomic E-state index is 11.8. The number of hydrogen-bond donors (Lipinski definition) is 2. The molecule has 0 saturated heterocycles. The van der Waals surface area contributed by atoms with Crippen molar-refractivity contribution in [2.24, 2.45) is 0 Å². The van der Waals surface area contributed by atoms with E-state index in [0.29, 0.717) is 11.3 Å². The second-order valence-electron chi connectivity index (χ2n) is 4.24. The summed E-state index contributed by atoms with van der Waals surface area (Å²) in [5.41, 5.74) is 0.818. The van der Waals surface area contributed by atoms with Gasteiger partial charge in [-0.3, -0.25) is 9.52 Å². The molecule has 1 aromatic rings. The summed E-state index contributed by atoms with van der Waals surface area (Å²) in [7, 11) is -3.33. The molecule has 0 aliphatic carbocycles. The molecule has 100 valence electrons. The molecule has 0 aliphatic rings. The van der Waals surface area contributed by atoms with Crippen LogP contribution in [0.2, 0.25) is 0 Å². The summed E-state index contributed by atoms with van der Waals surface area (Å²) in [6, 6.07) is 6.48. The zero-order valence-corrected chi connectivity index (χ0v) is 11.5. The second kappa shape index (κ2) is 5.86. The monoisotopic (exact) mass is 270 g/mol. The lowest BCUT2D eigenvalue weighted by Crippen LogP contribution is -2.31. The zero-order chi connectivity index (χ0) is 13.8. The molecular weight excluding hydrogens is 252 g/mol. The van der Waals surface area contributed by atoms with Crippen LogP contribution in [0, 0.1) is 0 Å². The Kier molecular flexibility index (Phi) is 4.72. The van der Waals surface area contributed by atoms with E-state index < -0.39 is 10.0 Å². The summed E-state index contributed by atoms with van der Waals surface area (Å²) in [4.78, 5) is 11.8. The zero-order valence-electron chi connectivity index (χ0n) is 10.7. The topological polar surface area (TPSA) is 75.3 Å². The van der Waals surface area contributed by atoms with E-state index in [4.69, 9.17) is 0 Å². The molecule has 0 spiro atoms. The maximum atomic E-state index is 11.8. The Hall–Kier alpha value is -1.56. The molecule has 0 radical (unpaired) electrons. The number of benzene rings is 1. The fraction of sp³-hybridized carbons (Fsp3) is 0.417. The van der Waals surface area contributed by atoms with Gasteiger partial charge < -0.3 is 5.32 Å². The highest BCUT2D eigenvalue weighted by molar-refractivity contribution is 7.92. The first-order chi connectivity index (χ1) is 8.31. The molecule has 0 aromatic heterocycles. The molecule has 1 amide bonds. The van der Waals surface area contributed by atoms with E-state index in [1.54, 1.807) is 18.2 Å². The summed E-state index contributed by atoms with van der Waals surface area (Å²) in [6.07, 6.45) is 1.91. The minimum absolute atomic E-state index is 0.0871. The number of carbonyl (C=O) groups excluding carboxylic acids is 1. The minimum Gasteiger partial charge on any atom is -0.350 e. The van der Waals surface area contributed by atoms with Gasteiger partial charge in [-0.15, -0.1) is 0 Å². The van der Waals surface area contributed by atoms with Gasteiger partial charge in [0.1, 0.15) is 0 Å². The molecule has 0 fully saturated rings. The first-order valence-corrected chi connectivity index (χ1v) is 7.59. The quantitative estimate of drug-likeness (QED) is 0.853. The molecule has 1 atom stereocenters. The molecule has 1 aromatic carbocycles. The van der Waals surface area contributed by atoms with E-state index in [0.717, 1.165) is 12.7 Å². The predicted molar refractivity (Wildman–Crippen MR) is 72.1 cm³/mol. The van der Waals surface area contributed by atoms with Crippen molar-refractivity contribution in [2.45, 2.75) is 26.3 Å². The molecule has 0 heterocycles. The van der Waals surface area contributed by atoms with Crippen LogP contribution in [-0.4, -0.2) is 26.6 Å². The number of sulfonamides is 1. The van der Waals surface area contributed by atoms with Crippen molar-refractivity contribution in [3.8, 4) is 0 Å². The summed E-state index contributed by atoms with van der Waals surface area (Å²) < 4.78 is 24.5. The van der Waals surface area contributed by atoms with Crippen LogP contribution in [0.3, 0.4) is 0 Å². The molecule has 1 rings (SSSR count). The van der Waals surface area contributed by atoms with Gasteiger partial charge in [0.2, 0.25) is 10.0 Å². The predicted octanol–water partition coefficient (Wildman–Crippen LogP) is 1.59. The van der Waals surface area contributed by atoms with E-state index in [1.807, 2.05) is 13.8 Å². The fourth-order valence-electron chi connectivity index (χ4n) is 1.35. The van der Waals surface area contributed by atoms with Crippen LogP contribution in [0.15, 0.2) is 24.3 Å². The highest BCUT2D eigenvalue weighted by Gasteiger charge is 2.10. The van der Waals surface area contributed by atoms with Crippen LogP contribution in [0.25, 0.3) is 0 Å². The van der Waals surface area contributed by atoms with Crippen LogP contribution in [-0.2, 0) is 10.0 Å². The summed E-state index contributed by atoms with van der Waals surface area (Å²) >= 11 is 0. The van der Waals surface area contributed by atoms with Crippen LogP contribution in [0.4, 0.5) is 5.69 Å². The molecule has 0 aliphatic heterocycles. The van der Waals surface area contributed by atoms with Crippen LogP contribution >= 0.6 is 0 Å². The number of anilines is 1. The van der Waals surface area contributed by atoms with Crippen molar-refractivity contribution in [3.63, 3.8) is 0 Å². The SMILES string of the molecule is CCC(C)NC(=O)c1cccc(NS(C)(=O)=O)c1. The lowest BCUT2D eigenvalue weighted by Gasteiger charge is -2.12. The van der Waals surface area contributed by atoms with Gasteiger partial charge in [0.25, 0.3) is 5.91 Å². The molecule has 18 heavy (non-hydrogen) atoms. The highest BCUT2D eigenvalue weighted by atomic mass is 32.2. The van der Waals surface area contributed by atoms with Crippen LogP contribution in [0.5, 0.6) is 0 Å². The lowest BCUT2D eigenvalue weighted by molar-refractivity contribution is 0.0939. The normalized spacial score (nSPS) is 12.8. The molecule has 6 heteroatoms. The second-order valence-corrected chi connectivity index (χ2v) is 5.99. The standard InChI is InChI=1S/C12H18N2O3S/c1-4-9(2)13-12(15)10-6-5-7-11(8-10)14-18(3,16)17/h5-9,14H,4H2,1-3H3,(H,13,15). The summed E-state index contributed by atoms with van der Waals surface area (Å²) in [5.74, 6) is -0.207. The van der Waals surface area contributed by atoms with E-state index >= 15 is 0 Å². The van der Waals surface area contributed by atoms with Gasteiger partial charge >= 0.3 is 0 Å². The molecule has 1 unspecified atom stereocenters. The van der Waals surface area contributed by atoms with Gasteiger partial charge in [0, 0.05) is 17.3 Å².